The van der Waals surface area contributed by atoms with E-state index in [1.165, 1.54) is 37.7 Å². The Morgan fingerprint density at radius 3 is 2.62 bits per heavy atom. The minimum absolute atomic E-state index is 0.122. The molecule has 1 aromatic carbocycles. The van der Waals surface area contributed by atoms with Crippen LogP contribution in [0.5, 0.6) is 5.75 Å². The molecule has 5 nitrogen and oxygen atoms in total. The highest BCUT2D eigenvalue weighted by molar-refractivity contribution is 7.99. The Morgan fingerprint density at radius 2 is 1.88 bits per heavy atom. The van der Waals surface area contributed by atoms with Crippen molar-refractivity contribution in [2.24, 2.45) is 0 Å². The first-order valence-corrected chi connectivity index (χ1v) is 13.0. The first-order chi connectivity index (χ1) is 15.7. The number of likely N-dealkylation sites (N-methyl/N-ethyl adjacent to an activating group) is 1. The molecule has 1 fully saturated rings. The molecule has 1 aromatic heterocycles. The molecule has 1 amide bonds. The van der Waals surface area contributed by atoms with E-state index >= 15 is 0 Å². The zero-order valence-electron chi connectivity index (χ0n) is 19.5. The molecular weight excluding hydrogens is 418 g/mol. The van der Waals surface area contributed by atoms with E-state index in [1.807, 2.05) is 49.1 Å². The highest BCUT2D eigenvalue weighted by Gasteiger charge is 2.29. The van der Waals surface area contributed by atoms with E-state index in [1.54, 1.807) is 6.20 Å². The van der Waals surface area contributed by atoms with Crippen LogP contribution in [0.3, 0.4) is 0 Å². The Bertz CT molecular complexity index is 800. The molecule has 0 spiro atoms. The number of ether oxygens (including phenoxy) is 1. The lowest BCUT2D eigenvalue weighted by molar-refractivity contribution is -0.132. The van der Waals surface area contributed by atoms with Gasteiger partial charge in [0.25, 0.3) is 0 Å². The van der Waals surface area contributed by atoms with E-state index in [2.05, 4.69) is 33.8 Å². The Labute approximate surface area is 197 Å². The number of amides is 1. The van der Waals surface area contributed by atoms with Gasteiger partial charge >= 0.3 is 0 Å². The van der Waals surface area contributed by atoms with Crippen molar-refractivity contribution in [1.29, 1.82) is 0 Å². The van der Waals surface area contributed by atoms with E-state index < -0.39 is 0 Å². The Balaban J connectivity index is 1.48. The number of nitrogens with zero attached hydrogens (tertiary/aromatic N) is 3. The monoisotopic (exact) mass is 455 g/mol. The van der Waals surface area contributed by atoms with Gasteiger partial charge in [0.05, 0.1) is 6.54 Å². The second-order valence-electron chi connectivity index (χ2n) is 8.36. The van der Waals surface area contributed by atoms with Crippen LogP contribution < -0.4 is 9.64 Å². The average molecular weight is 456 g/mol. The fourth-order valence-corrected chi connectivity index (χ4v) is 5.19. The molecule has 0 bridgehead atoms. The van der Waals surface area contributed by atoms with Gasteiger partial charge in [0.15, 0.2) is 0 Å². The Hall–Kier alpha value is -2.21. The standard InChI is InChI=1S/C26H37N3O2S/c1-3-4-5-6-7-10-18-29-25(30)16-21-32-26(29)22-12-14-23(15-13-22)31-20-19-28(2)24-11-8-9-17-27-24/h8-9,11-15,17,26H,3-7,10,16,18-21H2,1-2H3. The minimum atomic E-state index is 0.122. The average Bonchev–Trinajstić information content (AvgIpc) is 2.83. The van der Waals surface area contributed by atoms with Crippen LogP contribution >= 0.6 is 11.8 Å². The van der Waals surface area contributed by atoms with E-state index in [4.69, 9.17) is 4.74 Å². The summed E-state index contributed by atoms with van der Waals surface area (Å²) < 4.78 is 5.94. The summed E-state index contributed by atoms with van der Waals surface area (Å²) >= 11 is 1.88. The largest absolute Gasteiger partial charge is 0.492 e. The molecule has 1 unspecified atom stereocenters. The van der Waals surface area contributed by atoms with Gasteiger partial charge in [0, 0.05) is 32.0 Å². The number of thioether (sulfide) groups is 1. The van der Waals surface area contributed by atoms with Crippen LogP contribution in [0.4, 0.5) is 5.82 Å². The molecule has 2 heterocycles. The van der Waals surface area contributed by atoms with E-state index in [0.29, 0.717) is 18.9 Å². The molecule has 32 heavy (non-hydrogen) atoms. The maximum absolute atomic E-state index is 12.6. The number of aromatic nitrogens is 1. The topological polar surface area (TPSA) is 45.7 Å². The van der Waals surface area contributed by atoms with Gasteiger partial charge in [0.2, 0.25) is 5.91 Å². The quantitative estimate of drug-likeness (QED) is 0.351. The van der Waals surface area contributed by atoms with Crippen LogP contribution in [0, 0.1) is 0 Å². The van der Waals surface area contributed by atoms with Crippen molar-refractivity contribution in [2.75, 3.05) is 37.4 Å². The second-order valence-corrected chi connectivity index (χ2v) is 9.54. The Morgan fingerprint density at radius 1 is 1.09 bits per heavy atom. The highest BCUT2D eigenvalue weighted by Crippen LogP contribution is 2.38. The molecule has 1 atom stereocenters. The number of rotatable bonds is 13. The van der Waals surface area contributed by atoms with E-state index in [9.17, 15) is 4.79 Å². The van der Waals surface area contributed by atoms with Crippen LogP contribution in [0.25, 0.3) is 0 Å². The molecule has 6 heteroatoms. The van der Waals surface area contributed by atoms with Gasteiger partial charge in [-0.25, -0.2) is 4.98 Å². The number of hydrogen-bond donors (Lipinski definition) is 0. The summed E-state index contributed by atoms with van der Waals surface area (Å²) in [5.41, 5.74) is 1.19. The zero-order chi connectivity index (χ0) is 22.6. The number of carbonyl (C=O) groups is 1. The van der Waals surface area contributed by atoms with Gasteiger partial charge < -0.3 is 14.5 Å². The Kier molecular flexibility index (Phi) is 10.2. The molecule has 1 saturated heterocycles. The van der Waals surface area contributed by atoms with Crippen molar-refractivity contribution in [3.05, 3.63) is 54.2 Å². The predicted molar refractivity (Wildman–Crippen MR) is 134 cm³/mol. The lowest BCUT2D eigenvalue weighted by Gasteiger charge is -2.35. The van der Waals surface area contributed by atoms with Crippen molar-refractivity contribution in [1.82, 2.24) is 9.88 Å². The summed E-state index contributed by atoms with van der Waals surface area (Å²) in [6, 6.07) is 14.2. The molecular formula is C26H37N3O2S. The molecule has 2 aromatic rings. The van der Waals surface area contributed by atoms with Gasteiger partial charge in [-0.3, -0.25) is 4.79 Å². The number of carbonyl (C=O) groups excluding carboxylic acids is 1. The van der Waals surface area contributed by atoms with Crippen LogP contribution in [0.1, 0.15) is 62.8 Å². The minimum Gasteiger partial charge on any atom is -0.492 e. The number of unbranched alkanes of at least 4 members (excludes halogenated alkanes) is 5. The summed E-state index contributed by atoms with van der Waals surface area (Å²) in [4.78, 5) is 21.1. The lowest BCUT2D eigenvalue weighted by Crippen LogP contribution is -2.37. The molecule has 0 radical (unpaired) electrons. The van der Waals surface area contributed by atoms with Gasteiger partial charge in [-0.15, -0.1) is 11.8 Å². The first kappa shape index (κ1) is 24.4. The van der Waals surface area contributed by atoms with Crippen LogP contribution in [0.15, 0.2) is 48.7 Å². The fraction of sp³-hybridized carbons (Fsp3) is 0.538. The van der Waals surface area contributed by atoms with Crippen LogP contribution in [0.2, 0.25) is 0 Å². The SMILES string of the molecule is CCCCCCCCN1C(=O)CCSC1c1ccc(OCCN(C)c2ccccn2)cc1. The smallest absolute Gasteiger partial charge is 0.224 e. The summed E-state index contributed by atoms with van der Waals surface area (Å²) in [5.74, 6) is 2.99. The summed E-state index contributed by atoms with van der Waals surface area (Å²) in [7, 11) is 2.02. The molecule has 0 saturated carbocycles. The maximum Gasteiger partial charge on any atom is 0.224 e. The highest BCUT2D eigenvalue weighted by atomic mass is 32.2. The second kappa shape index (κ2) is 13.4. The molecule has 3 rings (SSSR count). The summed E-state index contributed by atoms with van der Waals surface area (Å²) in [6.07, 6.45) is 9.92. The summed E-state index contributed by atoms with van der Waals surface area (Å²) in [5, 5.41) is 0.122. The molecule has 0 aliphatic carbocycles. The van der Waals surface area contributed by atoms with Crippen molar-refractivity contribution in [3.8, 4) is 5.75 Å². The molecule has 1 aliphatic heterocycles. The van der Waals surface area contributed by atoms with Gasteiger partial charge in [-0.2, -0.15) is 0 Å². The third kappa shape index (κ3) is 7.44. The predicted octanol–water partition coefficient (Wildman–Crippen LogP) is 5.92. The van der Waals surface area contributed by atoms with E-state index in [0.717, 1.165) is 36.8 Å². The number of pyridine rings is 1. The van der Waals surface area contributed by atoms with Crippen molar-refractivity contribution in [3.63, 3.8) is 0 Å². The van der Waals surface area contributed by atoms with Crippen molar-refractivity contribution in [2.45, 2.75) is 57.2 Å². The zero-order valence-corrected chi connectivity index (χ0v) is 20.4. The molecule has 0 N–H and O–H groups in total. The molecule has 1 aliphatic rings. The van der Waals surface area contributed by atoms with Gasteiger partial charge in [-0.1, -0.05) is 57.2 Å². The first-order valence-electron chi connectivity index (χ1n) is 11.9. The third-order valence-corrected chi connectivity index (χ3v) is 7.13. The fourth-order valence-electron chi connectivity index (χ4n) is 3.93. The normalized spacial score (nSPS) is 16.2. The van der Waals surface area contributed by atoms with Crippen molar-refractivity contribution < 1.29 is 9.53 Å². The van der Waals surface area contributed by atoms with E-state index in [-0.39, 0.29) is 5.37 Å². The third-order valence-electron chi connectivity index (χ3n) is 5.85. The van der Waals surface area contributed by atoms with Gasteiger partial charge in [0.1, 0.15) is 23.5 Å². The number of benzene rings is 1. The summed E-state index contributed by atoms with van der Waals surface area (Å²) in [6.45, 7) is 4.46. The van der Waals surface area contributed by atoms with Crippen molar-refractivity contribution >= 4 is 23.5 Å². The van der Waals surface area contributed by atoms with Crippen LogP contribution in [-0.2, 0) is 4.79 Å². The van der Waals surface area contributed by atoms with Crippen LogP contribution in [-0.4, -0.2) is 48.3 Å². The molecule has 174 valence electrons. The van der Waals surface area contributed by atoms with Gasteiger partial charge in [-0.05, 0) is 36.2 Å². The number of hydrogen-bond acceptors (Lipinski definition) is 5. The maximum atomic E-state index is 12.6. The lowest BCUT2D eigenvalue weighted by atomic mass is 10.1. The number of anilines is 1.